The molecule has 4 aromatic rings. The predicted octanol–water partition coefficient (Wildman–Crippen LogP) is 5.36. The van der Waals surface area contributed by atoms with E-state index in [2.05, 4.69) is 42.5 Å². The number of nitrogens with one attached hydrogen (secondary N) is 2. The fourth-order valence-electron chi connectivity index (χ4n) is 4.49. The topological polar surface area (TPSA) is 100 Å². The van der Waals surface area contributed by atoms with Gasteiger partial charge >= 0.3 is 0 Å². The minimum Gasteiger partial charge on any atom is -0.495 e. The second-order valence-electron chi connectivity index (χ2n) is 9.13. The van der Waals surface area contributed by atoms with Gasteiger partial charge < -0.3 is 24.6 Å². The largest absolute Gasteiger partial charge is 0.495 e. The zero-order chi connectivity index (χ0) is 28.2. The monoisotopic (exact) mass is 596 g/mol. The summed E-state index contributed by atoms with van der Waals surface area (Å²) in [5, 5.41) is 8.28. The zero-order valence-electron chi connectivity index (χ0n) is 22.6. The van der Waals surface area contributed by atoms with Crippen LogP contribution in [0.25, 0.3) is 10.1 Å². The van der Waals surface area contributed by atoms with E-state index in [9.17, 15) is 0 Å². The van der Waals surface area contributed by atoms with Gasteiger partial charge in [-0.3, -0.25) is 5.32 Å². The second kappa shape index (κ2) is 12.2. The third-order valence-corrected chi connectivity index (χ3v) is 7.67. The molecule has 1 fully saturated rings. The van der Waals surface area contributed by atoms with Crippen LogP contribution in [0.15, 0.2) is 47.5 Å². The minimum atomic E-state index is 0.225. The van der Waals surface area contributed by atoms with Crippen LogP contribution in [0.5, 0.6) is 11.5 Å². The van der Waals surface area contributed by atoms with Crippen LogP contribution in [0.2, 0.25) is 5.02 Å². The number of aliphatic imine (C=N–C) groups is 1. The lowest BCUT2D eigenvalue weighted by Gasteiger charge is -2.36. The molecule has 208 valence electrons. The van der Waals surface area contributed by atoms with Crippen LogP contribution >= 0.6 is 35.4 Å². The third-order valence-electron chi connectivity index (χ3n) is 6.37. The Hall–Kier alpha value is -3.74. The lowest BCUT2D eigenvalue weighted by molar-refractivity contribution is 0.384. The van der Waals surface area contributed by atoms with E-state index in [4.69, 9.17) is 42.7 Å². The van der Waals surface area contributed by atoms with E-state index in [-0.39, 0.29) is 5.11 Å². The molecule has 0 saturated carbocycles. The molecule has 2 aromatic heterocycles. The standard InChI is InChI=1S/C27H29ClN8O2S2/c1-16-13-17(2)30-25(29-16)32-26(33-27(39)31-20-15-21(37-3)19(28)14-22(20)38-4)36-11-9-35(10-12-36)24-18-7-5-6-8-23(18)40-34-24/h5-8,13-15H,9-12H2,1-4H3,(H2,29,30,31,32,33,39). The highest BCUT2D eigenvalue weighted by Gasteiger charge is 2.24. The minimum absolute atomic E-state index is 0.225. The number of fused-ring (bicyclic) bond motifs is 1. The van der Waals surface area contributed by atoms with Gasteiger partial charge in [0.2, 0.25) is 17.0 Å². The summed E-state index contributed by atoms with van der Waals surface area (Å²) in [6, 6.07) is 13.6. The van der Waals surface area contributed by atoms with Gasteiger partial charge in [0.15, 0.2) is 0 Å². The number of guanidine groups is 1. The molecule has 1 saturated heterocycles. The first-order valence-corrected chi connectivity index (χ1v) is 14.2. The van der Waals surface area contributed by atoms with Crippen LogP contribution in [-0.2, 0) is 0 Å². The van der Waals surface area contributed by atoms with E-state index >= 15 is 0 Å². The highest BCUT2D eigenvalue weighted by Crippen LogP contribution is 2.36. The maximum atomic E-state index is 6.27. The van der Waals surface area contributed by atoms with Gasteiger partial charge in [-0.15, -0.1) is 0 Å². The number of halogens is 1. The predicted molar refractivity (Wildman–Crippen MR) is 167 cm³/mol. The molecule has 1 aliphatic heterocycles. The summed E-state index contributed by atoms with van der Waals surface area (Å²) in [5.41, 5.74) is 2.29. The number of rotatable bonds is 5. The van der Waals surface area contributed by atoms with Crippen LogP contribution < -0.4 is 25.0 Å². The van der Waals surface area contributed by atoms with Crippen molar-refractivity contribution in [2.24, 2.45) is 4.99 Å². The van der Waals surface area contributed by atoms with Crippen molar-refractivity contribution in [3.8, 4) is 11.5 Å². The van der Waals surface area contributed by atoms with Crippen molar-refractivity contribution in [3.05, 3.63) is 58.9 Å². The lowest BCUT2D eigenvalue weighted by Crippen LogP contribution is -2.51. The number of ether oxygens (including phenoxy) is 2. The molecule has 5 rings (SSSR count). The van der Waals surface area contributed by atoms with Crippen molar-refractivity contribution >= 4 is 74.0 Å². The van der Waals surface area contributed by atoms with Crippen molar-refractivity contribution in [3.63, 3.8) is 0 Å². The maximum absolute atomic E-state index is 6.27. The van der Waals surface area contributed by atoms with Crippen LogP contribution in [-0.4, -0.2) is 70.7 Å². The van der Waals surface area contributed by atoms with E-state index in [1.54, 1.807) is 26.4 Å². The van der Waals surface area contributed by atoms with Gasteiger partial charge in [0.1, 0.15) is 17.3 Å². The van der Waals surface area contributed by atoms with Crippen LogP contribution in [0.3, 0.4) is 0 Å². The first-order chi connectivity index (χ1) is 19.3. The van der Waals surface area contributed by atoms with Crippen LogP contribution in [0.1, 0.15) is 11.4 Å². The number of nitrogens with zero attached hydrogens (tertiary/aromatic N) is 6. The second-order valence-corrected chi connectivity index (χ2v) is 10.7. The Balaban J connectivity index is 1.39. The number of aryl methyl sites for hydroxylation is 2. The molecule has 2 N–H and O–H groups in total. The number of hydrogen-bond donors (Lipinski definition) is 2. The molecule has 0 bridgehead atoms. The summed E-state index contributed by atoms with van der Waals surface area (Å²) in [4.78, 5) is 18.3. The molecular weight excluding hydrogens is 568 g/mol. The summed E-state index contributed by atoms with van der Waals surface area (Å²) in [6.07, 6.45) is 0. The molecule has 13 heteroatoms. The summed E-state index contributed by atoms with van der Waals surface area (Å²) >= 11 is 13.4. The molecule has 0 amide bonds. The van der Waals surface area contributed by atoms with E-state index in [1.165, 1.54) is 21.6 Å². The number of thiocarbonyl (C=S) groups is 1. The molecule has 3 heterocycles. The fraction of sp³-hybridized carbons (Fsp3) is 0.296. The highest BCUT2D eigenvalue weighted by atomic mass is 35.5. The molecule has 2 aromatic carbocycles. The van der Waals surface area contributed by atoms with Crippen LogP contribution in [0.4, 0.5) is 17.5 Å². The van der Waals surface area contributed by atoms with Gasteiger partial charge in [0.25, 0.3) is 0 Å². The average molecular weight is 597 g/mol. The highest BCUT2D eigenvalue weighted by molar-refractivity contribution is 7.80. The Bertz CT molecular complexity index is 1550. The normalized spacial score (nSPS) is 13.9. The van der Waals surface area contributed by atoms with Gasteiger partial charge in [-0.2, -0.15) is 9.37 Å². The molecule has 1 aliphatic rings. The van der Waals surface area contributed by atoms with Gasteiger partial charge in [0.05, 0.1) is 29.6 Å². The first-order valence-electron chi connectivity index (χ1n) is 12.6. The van der Waals surface area contributed by atoms with Gasteiger partial charge in [0, 0.05) is 55.1 Å². The molecular formula is C27H29ClN8O2S2. The van der Waals surface area contributed by atoms with Crippen molar-refractivity contribution < 1.29 is 9.47 Å². The Morgan fingerprint density at radius 2 is 1.68 bits per heavy atom. The number of methoxy groups -OCH3 is 2. The number of hydrogen-bond acceptors (Lipinski definition) is 8. The summed E-state index contributed by atoms with van der Waals surface area (Å²) in [5.74, 6) is 3.03. The molecule has 0 aliphatic carbocycles. The lowest BCUT2D eigenvalue weighted by atomic mass is 10.2. The van der Waals surface area contributed by atoms with E-state index in [0.717, 1.165) is 30.3 Å². The maximum Gasteiger partial charge on any atom is 0.229 e. The van der Waals surface area contributed by atoms with E-state index in [1.807, 2.05) is 32.0 Å². The average Bonchev–Trinajstić information content (AvgIpc) is 3.37. The zero-order valence-corrected chi connectivity index (χ0v) is 25.0. The van der Waals surface area contributed by atoms with E-state index < -0.39 is 0 Å². The number of benzene rings is 2. The summed E-state index contributed by atoms with van der Waals surface area (Å²) in [7, 11) is 3.11. The van der Waals surface area contributed by atoms with E-state index in [0.29, 0.717) is 47.2 Å². The molecule has 0 atom stereocenters. The van der Waals surface area contributed by atoms with Crippen molar-refractivity contribution in [2.45, 2.75) is 13.8 Å². The Labute approximate surface area is 247 Å². The SMILES string of the molecule is COc1cc(NC(=S)/N=C(/Nc2nc(C)cc(C)n2)N2CCN(c3nsc4ccccc34)CC2)c(OC)cc1Cl. The summed E-state index contributed by atoms with van der Waals surface area (Å²) in [6.45, 7) is 6.79. The molecule has 40 heavy (non-hydrogen) atoms. The molecule has 10 nitrogen and oxygen atoms in total. The van der Waals surface area contributed by atoms with Crippen molar-refractivity contribution in [1.29, 1.82) is 0 Å². The smallest absolute Gasteiger partial charge is 0.229 e. The summed E-state index contributed by atoms with van der Waals surface area (Å²) < 4.78 is 16.8. The van der Waals surface area contributed by atoms with Crippen molar-refractivity contribution in [1.82, 2.24) is 19.2 Å². The van der Waals surface area contributed by atoms with Crippen LogP contribution in [0, 0.1) is 13.8 Å². The first kappa shape index (κ1) is 27.8. The molecule has 0 spiro atoms. The Kier molecular flexibility index (Phi) is 8.48. The number of piperazine rings is 1. The number of anilines is 3. The Morgan fingerprint density at radius 3 is 2.38 bits per heavy atom. The van der Waals surface area contributed by atoms with Gasteiger partial charge in [-0.25, -0.2) is 9.97 Å². The molecule has 0 radical (unpaired) electrons. The quantitative estimate of drug-likeness (QED) is 0.178. The van der Waals surface area contributed by atoms with Gasteiger partial charge in [-0.05, 0) is 55.8 Å². The fourth-order valence-corrected chi connectivity index (χ4v) is 5.71. The van der Waals surface area contributed by atoms with Gasteiger partial charge in [-0.1, -0.05) is 23.7 Å². The third kappa shape index (κ3) is 6.19. The number of aromatic nitrogens is 3. The Morgan fingerprint density at radius 1 is 0.975 bits per heavy atom. The molecule has 0 unspecified atom stereocenters. The van der Waals surface area contributed by atoms with Crippen molar-refractivity contribution in [2.75, 3.05) is 55.9 Å².